The molecule has 4 rings (SSSR count). The van der Waals surface area contributed by atoms with Crippen molar-refractivity contribution in [2.24, 2.45) is 10.8 Å². The van der Waals surface area contributed by atoms with Gasteiger partial charge in [-0.25, -0.2) is 0 Å². The minimum Gasteiger partial charge on any atom is -0.293 e. The molecular weight excluding hydrogens is 242 g/mol. The topological polar surface area (TPSA) is 3.24 Å². The smallest absolute Gasteiger partial charge is 0.0239 e. The van der Waals surface area contributed by atoms with E-state index in [9.17, 15) is 0 Å². The largest absolute Gasteiger partial charge is 0.293 e. The van der Waals surface area contributed by atoms with Crippen molar-refractivity contribution in [1.82, 2.24) is 4.90 Å². The number of hydrogen-bond acceptors (Lipinski definition) is 1. The van der Waals surface area contributed by atoms with Crippen molar-refractivity contribution in [2.75, 3.05) is 6.54 Å². The molecule has 0 N–H and O–H groups in total. The summed E-state index contributed by atoms with van der Waals surface area (Å²) in [6.07, 6.45) is 8.70. The molecule has 2 spiro atoms. The molecular formula is C19H27N. The van der Waals surface area contributed by atoms with Crippen LogP contribution in [0.3, 0.4) is 0 Å². The number of rotatable bonds is 2. The Morgan fingerprint density at radius 1 is 1.00 bits per heavy atom. The number of benzene rings is 1. The standard InChI is InChI=1S/C19H27N/c1-17(2)14-18(17)11-12-20(19(15-18)9-6-10-19)13-16-7-4-3-5-8-16/h3-5,7-8H,6,9-15H2,1-2H3. The van der Waals surface area contributed by atoms with Gasteiger partial charge in [-0.3, -0.25) is 4.90 Å². The molecule has 3 aliphatic rings. The van der Waals surface area contributed by atoms with Crippen LogP contribution in [0.15, 0.2) is 30.3 Å². The lowest BCUT2D eigenvalue weighted by Gasteiger charge is -2.56. The quantitative estimate of drug-likeness (QED) is 0.757. The van der Waals surface area contributed by atoms with Crippen molar-refractivity contribution >= 4 is 0 Å². The average molecular weight is 269 g/mol. The first kappa shape index (κ1) is 12.9. The third-order valence-corrected chi connectivity index (χ3v) is 6.79. The summed E-state index contributed by atoms with van der Waals surface area (Å²) in [5.41, 5.74) is 3.36. The highest BCUT2D eigenvalue weighted by Gasteiger charge is 2.66. The minimum atomic E-state index is 0.557. The molecule has 1 unspecified atom stereocenters. The van der Waals surface area contributed by atoms with Gasteiger partial charge in [0.05, 0.1) is 0 Å². The van der Waals surface area contributed by atoms with Gasteiger partial charge in [0, 0.05) is 12.1 Å². The Labute approximate surface area is 123 Å². The van der Waals surface area contributed by atoms with Crippen molar-refractivity contribution in [3.05, 3.63) is 35.9 Å². The summed E-state index contributed by atoms with van der Waals surface area (Å²) in [7, 11) is 0. The van der Waals surface area contributed by atoms with Crippen LogP contribution in [0.2, 0.25) is 0 Å². The lowest BCUT2D eigenvalue weighted by Crippen LogP contribution is -2.58. The average Bonchev–Trinajstić information content (AvgIpc) is 2.92. The highest BCUT2D eigenvalue weighted by molar-refractivity contribution is 5.20. The molecule has 0 aromatic heterocycles. The molecule has 1 atom stereocenters. The lowest BCUT2D eigenvalue weighted by atomic mass is 9.64. The normalized spacial score (nSPS) is 34.1. The molecule has 2 saturated carbocycles. The van der Waals surface area contributed by atoms with E-state index in [4.69, 9.17) is 0 Å². The molecule has 1 heteroatoms. The molecule has 3 fully saturated rings. The van der Waals surface area contributed by atoms with E-state index in [-0.39, 0.29) is 0 Å². The molecule has 20 heavy (non-hydrogen) atoms. The molecule has 1 aliphatic heterocycles. The molecule has 0 amide bonds. The van der Waals surface area contributed by atoms with Crippen molar-refractivity contribution in [3.8, 4) is 0 Å². The summed E-state index contributed by atoms with van der Waals surface area (Å²) in [6.45, 7) is 7.47. The number of hydrogen-bond donors (Lipinski definition) is 0. The summed E-state index contributed by atoms with van der Waals surface area (Å²) < 4.78 is 0. The molecule has 1 saturated heterocycles. The first-order valence-corrected chi connectivity index (χ1v) is 8.35. The summed E-state index contributed by atoms with van der Waals surface area (Å²) in [6, 6.07) is 11.1. The van der Waals surface area contributed by atoms with Crippen molar-refractivity contribution in [1.29, 1.82) is 0 Å². The minimum absolute atomic E-state index is 0.557. The second-order valence-electron chi connectivity index (χ2n) is 8.25. The SMILES string of the molecule is CC1(C)CC12CCN(Cc1ccccc1)C1(CCC1)C2. The number of likely N-dealkylation sites (tertiary alicyclic amines) is 1. The van der Waals surface area contributed by atoms with Crippen LogP contribution in [0.5, 0.6) is 0 Å². The van der Waals surface area contributed by atoms with Gasteiger partial charge in [0.2, 0.25) is 0 Å². The van der Waals surface area contributed by atoms with Gasteiger partial charge in [0.1, 0.15) is 0 Å². The van der Waals surface area contributed by atoms with Gasteiger partial charge >= 0.3 is 0 Å². The highest BCUT2D eigenvalue weighted by Crippen LogP contribution is 2.72. The van der Waals surface area contributed by atoms with Crippen LogP contribution in [0.25, 0.3) is 0 Å². The molecule has 108 valence electrons. The van der Waals surface area contributed by atoms with Crippen LogP contribution in [0.4, 0.5) is 0 Å². The second-order valence-corrected chi connectivity index (χ2v) is 8.25. The van der Waals surface area contributed by atoms with E-state index in [0.717, 1.165) is 6.54 Å². The fraction of sp³-hybridized carbons (Fsp3) is 0.684. The van der Waals surface area contributed by atoms with E-state index in [2.05, 4.69) is 49.1 Å². The first-order valence-electron chi connectivity index (χ1n) is 8.35. The second kappa shape index (κ2) is 4.10. The van der Waals surface area contributed by atoms with Gasteiger partial charge in [-0.15, -0.1) is 0 Å². The van der Waals surface area contributed by atoms with E-state index >= 15 is 0 Å². The fourth-order valence-corrected chi connectivity index (χ4v) is 5.08. The van der Waals surface area contributed by atoms with Crippen LogP contribution >= 0.6 is 0 Å². The van der Waals surface area contributed by atoms with Crippen molar-refractivity contribution in [2.45, 2.75) is 64.5 Å². The third kappa shape index (κ3) is 1.79. The Kier molecular flexibility index (Phi) is 2.64. The van der Waals surface area contributed by atoms with Gasteiger partial charge in [0.15, 0.2) is 0 Å². The van der Waals surface area contributed by atoms with E-state index in [1.54, 1.807) is 0 Å². The first-order chi connectivity index (χ1) is 9.55. The number of nitrogens with zero attached hydrogens (tertiary/aromatic N) is 1. The van der Waals surface area contributed by atoms with Crippen molar-refractivity contribution < 1.29 is 0 Å². The van der Waals surface area contributed by atoms with Crippen LogP contribution in [-0.2, 0) is 6.54 Å². The Morgan fingerprint density at radius 3 is 2.25 bits per heavy atom. The molecule has 1 aromatic carbocycles. The monoisotopic (exact) mass is 269 g/mol. The Morgan fingerprint density at radius 2 is 1.70 bits per heavy atom. The van der Waals surface area contributed by atoms with Crippen LogP contribution in [0, 0.1) is 10.8 Å². The van der Waals surface area contributed by atoms with Crippen LogP contribution in [-0.4, -0.2) is 17.0 Å². The van der Waals surface area contributed by atoms with Crippen LogP contribution in [0.1, 0.15) is 57.9 Å². The van der Waals surface area contributed by atoms with Crippen LogP contribution < -0.4 is 0 Å². The molecule has 2 aliphatic carbocycles. The predicted molar refractivity (Wildman–Crippen MR) is 83.5 cm³/mol. The number of piperidine rings is 1. The van der Waals surface area contributed by atoms with E-state index in [1.165, 1.54) is 50.6 Å². The highest BCUT2D eigenvalue weighted by atomic mass is 15.2. The molecule has 0 radical (unpaired) electrons. The fourth-order valence-electron chi connectivity index (χ4n) is 5.08. The van der Waals surface area contributed by atoms with E-state index in [0.29, 0.717) is 16.4 Å². The zero-order chi connectivity index (χ0) is 13.8. The van der Waals surface area contributed by atoms with Gasteiger partial charge in [-0.05, 0) is 61.5 Å². The Bertz CT molecular complexity index is 500. The lowest BCUT2D eigenvalue weighted by molar-refractivity contribution is -0.0577. The van der Waals surface area contributed by atoms with E-state index in [1.807, 2.05) is 0 Å². The zero-order valence-electron chi connectivity index (χ0n) is 13.0. The Hall–Kier alpha value is -0.820. The predicted octanol–water partition coefficient (Wildman–Crippen LogP) is 4.62. The summed E-state index contributed by atoms with van der Waals surface area (Å²) >= 11 is 0. The van der Waals surface area contributed by atoms with Crippen molar-refractivity contribution in [3.63, 3.8) is 0 Å². The zero-order valence-corrected chi connectivity index (χ0v) is 13.0. The summed E-state index contributed by atoms with van der Waals surface area (Å²) in [5.74, 6) is 0. The summed E-state index contributed by atoms with van der Waals surface area (Å²) in [5, 5.41) is 0. The maximum atomic E-state index is 2.82. The molecule has 1 nitrogen and oxygen atoms in total. The maximum Gasteiger partial charge on any atom is 0.0239 e. The van der Waals surface area contributed by atoms with E-state index < -0.39 is 0 Å². The van der Waals surface area contributed by atoms with Gasteiger partial charge in [0.25, 0.3) is 0 Å². The van der Waals surface area contributed by atoms with Gasteiger partial charge < -0.3 is 0 Å². The third-order valence-electron chi connectivity index (χ3n) is 6.79. The van der Waals surface area contributed by atoms with Gasteiger partial charge in [-0.1, -0.05) is 44.2 Å². The summed E-state index contributed by atoms with van der Waals surface area (Å²) in [4.78, 5) is 2.82. The van der Waals surface area contributed by atoms with Gasteiger partial charge in [-0.2, -0.15) is 0 Å². The maximum absolute atomic E-state index is 2.82. The Balaban J connectivity index is 1.54. The molecule has 1 heterocycles. The molecule has 1 aromatic rings. The molecule has 0 bridgehead atoms.